The first-order valence-electron chi connectivity index (χ1n) is 4.03. The van der Waals surface area contributed by atoms with Crippen molar-refractivity contribution < 1.29 is 9.63 Å². The van der Waals surface area contributed by atoms with Gasteiger partial charge in [-0.15, -0.1) is 0 Å². The number of hydroxylamine groups is 2. The fourth-order valence-electron chi connectivity index (χ4n) is 0.996. The van der Waals surface area contributed by atoms with E-state index in [9.17, 15) is 4.79 Å². The van der Waals surface area contributed by atoms with Crippen LogP contribution in [-0.4, -0.2) is 30.8 Å². The minimum Gasteiger partial charge on any atom is -0.336 e. The Morgan fingerprint density at radius 2 is 2.45 bits per heavy atom. The maximum Gasteiger partial charge on any atom is 0.341 e. The van der Waals surface area contributed by atoms with Gasteiger partial charge in [-0.2, -0.15) is 0 Å². The van der Waals surface area contributed by atoms with Gasteiger partial charge in [0, 0.05) is 6.54 Å². The van der Waals surface area contributed by atoms with Crippen LogP contribution in [0, 0.1) is 0 Å². The van der Waals surface area contributed by atoms with Crippen LogP contribution < -0.4 is 5.32 Å². The van der Waals surface area contributed by atoms with Crippen molar-refractivity contribution in [1.82, 2.24) is 10.4 Å². The fourth-order valence-corrected chi connectivity index (χ4v) is 0.996. The lowest BCUT2D eigenvalue weighted by Crippen LogP contribution is -2.42. The van der Waals surface area contributed by atoms with Crippen LogP contribution in [0.2, 0.25) is 0 Å². The second-order valence-electron chi connectivity index (χ2n) is 2.48. The highest BCUT2D eigenvalue weighted by molar-refractivity contribution is 5.72. The van der Waals surface area contributed by atoms with Gasteiger partial charge < -0.3 is 5.32 Å². The van der Waals surface area contributed by atoms with Crippen LogP contribution in [0.4, 0.5) is 4.79 Å². The quantitative estimate of drug-likeness (QED) is 0.611. The summed E-state index contributed by atoms with van der Waals surface area (Å²) in [6.07, 6.45) is 2.09. The molecule has 1 aliphatic rings. The second-order valence-corrected chi connectivity index (χ2v) is 2.48. The number of nitrogens with one attached hydrogen (secondary N) is 1. The Bertz CT molecular complexity index is 132. The number of amides is 2. The smallest absolute Gasteiger partial charge is 0.336 e. The predicted molar refractivity (Wildman–Crippen MR) is 41.0 cm³/mol. The van der Waals surface area contributed by atoms with Crippen molar-refractivity contribution in [2.75, 3.05) is 19.7 Å². The van der Waals surface area contributed by atoms with Crippen molar-refractivity contribution in [3.05, 3.63) is 0 Å². The molecule has 0 spiro atoms. The van der Waals surface area contributed by atoms with Gasteiger partial charge in [0.15, 0.2) is 0 Å². The van der Waals surface area contributed by atoms with Crippen molar-refractivity contribution >= 4 is 6.03 Å². The molecule has 0 aliphatic carbocycles. The number of urea groups is 1. The summed E-state index contributed by atoms with van der Waals surface area (Å²) < 4.78 is 0. The average molecular weight is 158 g/mol. The van der Waals surface area contributed by atoms with E-state index >= 15 is 0 Å². The fraction of sp³-hybridized carbons (Fsp3) is 0.857. The van der Waals surface area contributed by atoms with E-state index in [2.05, 4.69) is 5.32 Å². The van der Waals surface area contributed by atoms with Crippen molar-refractivity contribution in [3.63, 3.8) is 0 Å². The number of carbonyl (C=O) groups is 1. The molecular formula is C7H14N2O2. The molecule has 4 nitrogen and oxygen atoms in total. The molecule has 2 amide bonds. The highest BCUT2D eigenvalue weighted by atomic mass is 16.7. The summed E-state index contributed by atoms with van der Waals surface area (Å²) in [5.41, 5.74) is 0. The lowest BCUT2D eigenvalue weighted by atomic mass is 10.3. The number of rotatable bonds is 1. The Morgan fingerprint density at radius 3 is 3.00 bits per heavy atom. The van der Waals surface area contributed by atoms with Gasteiger partial charge in [0.05, 0.1) is 13.2 Å². The van der Waals surface area contributed by atoms with Gasteiger partial charge in [-0.1, -0.05) is 0 Å². The summed E-state index contributed by atoms with van der Waals surface area (Å²) in [4.78, 5) is 16.2. The van der Waals surface area contributed by atoms with E-state index in [1.807, 2.05) is 6.92 Å². The van der Waals surface area contributed by atoms with Crippen molar-refractivity contribution in [1.29, 1.82) is 0 Å². The van der Waals surface area contributed by atoms with E-state index in [4.69, 9.17) is 4.84 Å². The van der Waals surface area contributed by atoms with E-state index in [1.54, 1.807) is 0 Å². The maximum atomic E-state index is 11.1. The van der Waals surface area contributed by atoms with Gasteiger partial charge in [0.1, 0.15) is 0 Å². The molecule has 11 heavy (non-hydrogen) atoms. The standard InChI is InChI=1S/C7H14N2O2/c1-2-8-7(10)9-5-3-4-6-11-9/h2-6H2,1H3,(H,8,10). The van der Waals surface area contributed by atoms with Crippen LogP contribution in [0.5, 0.6) is 0 Å². The molecule has 1 N–H and O–H groups in total. The normalized spacial score (nSPS) is 18.1. The Kier molecular flexibility index (Phi) is 3.16. The minimum atomic E-state index is -0.118. The third kappa shape index (κ3) is 2.38. The number of nitrogens with zero attached hydrogens (tertiary/aromatic N) is 1. The van der Waals surface area contributed by atoms with Gasteiger partial charge in [-0.3, -0.25) is 4.84 Å². The molecule has 0 bridgehead atoms. The highest BCUT2D eigenvalue weighted by Crippen LogP contribution is 2.04. The first kappa shape index (κ1) is 8.33. The molecule has 1 heterocycles. The number of hydrogen-bond donors (Lipinski definition) is 1. The van der Waals surface area contributed by atoms with Crippen LogP contribution in [0.1, 0.15) is 19.8 Å². The lowest BCUT2D eigenvalue weighted by Gasteiger charge is -2.25. The summed E-state index contributed by atoms with van der Waals surface area (Å²) in [5.74, 6) is 0. The van der Waals surface area contributed by atoms with Crippen LogP contribution >= 0.6 is 0 Å². The molecular weight excluding hydrogens is 144 g/mol. The number of hydrogen-bond acceptors (Lipinski definition) is 2. The van der Waals surface area contributed by atoms with Gasteiger partial charge in [-0.05, 0) is 19.8 Å². The van der Waals surface area contributed by atoms with Crippen LogP contribution in [0.25, 0.3) is 0 Å². The summed E-state index contributed by atoms with van der Waals surface area (Å²) in [5, 5.41) is 4.07. The topological polar surface area (TPSA) is 41.6 Å². The molecule has 1 fully saturated rings. The third-order valence-electron chi connectivity index (χ3n) is 1.56. The monoisotopic (exact) mass is 158 g/mol. The molecule has 1 aliphatic heterocycles. The van der Waals surface area contributed by atoms with E-state index < -0.39 is 0 Å². The van der Waals surface area contributed by atoms with Crippen LogP contribution in [0.15, 0.2) is 0 Å². The van der Waals surface area contributed by atoms with Crippen LogP contribution in [0.3, 0.4) is 0 Å². The molecule has 1 saturated heterocycles. The van der Waals surface area contributed by atoms with E-state index in [0.29, 0.717) is 19.7 Å². The van der Waals surface area contributed by atoms with Crippen molar-refractivity contribution in [2.45, 2.75) is 19.8 Å². The first-order valence-corrected chi connectivity index (χ1v) is 4.03. The second kappa shape index (κ2) is 4.18. The lowest BCUT2D eigenvalue weighted by molar-refractivity contribution is -0.139. The van der Waals surface area contributed by atoms with Crippen LogP contribution in [-0.2, 0) is 4.84 Å². The first-order chi connectivity index (χ1) is 5.34. The predicted octanol–water partition coefficient (Wildman–Crippen LogP) is 0.743. The summed E-state index contributed by atoms with van der Waals surface area (Å²) >= 11 is 0. The Morgan fingerprint density at radius 1 is 1.64 bits per heavy atom. The third-order valence-corrected chi connectivity index (χ3v) is 1.56. The zero-order valence-corrected chi connectivity index (χ0v) is 6.80. The molecule has 0 aromatic rings. The molecule has 64 valence electrons. The Labute approximate surface area is 66.5 Å². The highest BCUT2D eigenvalue weighted by Gasteiger charge is 2.15. The molecule has 0 aromatic heterocycles. The average Bonchev–Trinajstić information content (AvgIpc) is 2.07. The SMILES string of the molecule is CCNC(=O)N1CCCCO1. The van der Waals surface area contributed by atoms with Crippen molar-refractivity contribution in [3.8, 4) is 0 Å². The van der Waals surface area contributed by atoms with Gasteiger partial charge in [0.25, 0.3) is 0 Å². The van der Waals surface area contributed by atoms with Crippen molar-refractivity contribution in [2.24, 2.45) is 0 Å². The van der Waals surface area contributed by atoms with Gasteiger partial charge in [-0.25, -0.2) is 9.86 Å². The maximum absolute atomic E-state index is 11.1. The molecule has 0 unspecified atom stereocenters. The Balaban J connectivity index is 2.27. The van der Waals surface area contributed by atoms with E-state index in [1.165, 1.54) is 5.06 Å². The molecule has 1 rings (SSSR count). The minimum absolute atomic E-state index is 0.118. The molecule has 0 saturated carbocycles. The molecule has 4 heteroatoms. The van der Waals surface area contributed by atoms with E-state index in [0.717, 1.165) is 12.8 Å². The van der Waals surface area contributed by atoms with Gasteiger partial charge in [0.2, 0.25) is 0 Å². The zero-order chi connectivity index (χ0) is 8.10. The Hall–Kier alpha value is -0.770. The molecule has 0 radical (unpaired) electrons. The summed E-state index contributed by atoms with van der Waals surface area (Å²) in [7, 11) is 0. The molecule has 0 aromatic carbocycles. The largest absolute Gasteiger partial charge is 0.341 e. The summed E-state index contributed by atoms with van der Waals surface area (Å²) in [6, 6.07) is -0.118. The van der Waals surface area contributed by atoms with E-state index in [-0.39, 0.29) is 6.03 Å². The zero-order valence-electron chi connectivity index (χ0n) is 6.80. The summed E-state index contributed by atoms with van der Waals surface area (Å²) in [6.45, 7) is 3.92. The van der Waals surface area contributed by atoms with Gasteiger partial charge >= 0.3 is 6.03 Å². The molecule has 0 atom stereocenters. The number of carbonyl (C=O) groups excluding carboxylic acids is 1.